The van der Waals surface area contributed by atoms with E-state index in [1.165, 1.54) is 29.2 Å². The largest absolute Gasteiger partial charge is 0.573 e. The van der Waals surface area contributed by atoms with E-state index in [9.17, 15) is 22.8 Å². The van der Waals surface area contributed by atoms with Crippen molar-refractivity contribution in [3.8, 4) is 16.9 Å². The predicted molar refractivity (Wildman–Crippen MR) is 113 cm³/mol. The smallest absolute Gasteiger partial charge is 0.443 e. The lowest BCUT2D eigenvalue weighted by Crippen LogP contribution is -2.41. The van der Waals surface area contributed by atoms with E-state index in [4.69, 9.17) is 4.74 Å². The number of hydrogen-bond acceptors (Lipinski definition) is 4. The van der Waals surface area contributed by atoms with Crippen molar-refractivity contribution in [2.45, 2.75) is 59.0 Å². The molecule has 0 aromatic heterocycles. The third-order valence-electron chi connectivity index (χ3n) is 5.12. The highest BCUT2D eigenvalue weighted by Gasteiger charge is 2.50. The number of halogens is 3. The molecule has 3 rings (SSSR count). The zero-order valence-corrected chi connectivity index (χ0v) is 18.6. The Bertz CT molecular complexity index is 990. The number of carbonyl (C=O) groups is 2. The summed E-state index contributed by atoms with van der Waals surface area (Å²) in [6.07, 6.45) is -4.97. The second-order valence-electron chi connectivity index (χ2n) is 9.45. The molecular weight excluding hydrogens is 423 g/mol. The van der Waals surface area contributed by atoms with Crippen LogP contribution in [0, 0.1) is 5.41 Å². The van der Waals surface area contributed by atoms with E-state index < -0.39 is 29.5 Å². The van der Waals surface area contributed by atoms with Crippen molar-refractivity contribution in [1.29, 1.82) is 0 Å². The van der Waals surface area contributed by atoms with Crippen LogP contribution >= 0.6 is 0 Å². The van der Waals surface area contributed by atoms with Crippen molar-refractivity contribution in [1.82, 2.24) is 4.90 Å². The van der Waals surface area contributed by atoms with Crippen LogP contribution in [0.15, 0.2) is 48.5 Å². The number of imide groups is 1. The van der Waals surface area contributed by atoms with Crippen LogP contribution in [0.25, 0.3) is 11.1 Å². The molecule has 0 N–H and O–H groups in total. The first-order valence-electron chi connectivity index (χ1n) is 10.2. The van der Waals surface area contributed by atoms with E-state index in [0.717, 1.165) is 11.1 Å². The number of rotatable bonds is 3. The van der Waals surface area contributed by atoms with Crippen molar-refractivity contribution in [3.63, 3.8) is 0 Å². The Labute approximate surface area is 185 Å². The second-order valence-corrected chi connectivity index (χ2v) is 9.45. The molecule has 2 aromatic rings. The lowest BCUT2D eigenvalue weighted by Gasteiger charge is -2.27. The lowest BCUT2D eigenvalue weighted by molar-refractivity contribution is -0.274. The van der Waals surface area contributed by atoms with Crippen LogP contribution in [0.3, 0.4) is 0 Å². The molecule has 0 bridgehead atoms. The molecule has 8 heteroatoms. The van der Waals surface area contributed by atoms with Crippen LogP contribution in [0.1, 0.15) is 52.6 Å². The molecule has 2 amide bonds. The Kier molecular flexibility index (Phi) is 6.02. The number of hydrogen-bond donors (Lipinski definition) is 0. The van der Waals surface area contributed by atoms with Gasteiger partial charge in [-0.1, -0.05) is 50.2 Å². The number of nitrogens with zero attached hydrogens (tertiary/aromatic N) is 1. The van der Waals surface area contributed by atoms with Gasteiger partial charge >= 0.3 is 12.5 Å². The topological polar surface area (TPSA) is 55.8 Å². The number of carbonyl (C=O) groups excluding carboxylic acids is 2. The molecule has 1 saturated heterocycles. The van der Waals surface area contributed by atoms with Gasteiger partial charge in [0, 0.05) is 5.41 Å². The summed E-state index contributed by atoms with van der Waals surface area (Å²) in [5, 5.41) is 0. The monoisotopic (exact) mass is 449 g/mol. The maximum absolute atomic E-state index is 12.9. The number of ether oxygens (including phenoxy) is 2. The highest BCUT2D eigenvalue weighted by Crippen LogP contribution is 2.44. The molecule has 1 aliphatic rings. The summed E-state index contributed by atoms with van der Waals surface area (Å²) in [5.74, 6) is -0.585. The number of alkyl halides is 3. The SMILES string of the molecule is CC(C)(C)OC(=O)N1C(=O)C(C)(C)CC1c1ccc(-c2ccc(OC(F)(F)F)cc2)cc1. The van der Waals surface area contributed by atoms with E-state index in [0.29, 0.717) is 12.0 Å². The number of amides is 2. The van der Waals surface area contributed by atoms with Crippen molar-refractivity contribution in [2.24, 2.45) is 5.41 Å². The number of benzene rings is 2. The van der Waals surface area contributed by atoms with Gasteiger partial charge in [-0.2, -0.15) is 0 Å². The van der Waals surface area contributed by atoms with Crippen LogP contribution in [-0.4, -0.2) is 28.9 Å². The zero-order chi connectivity index (χ0) is 23.9. The summed E-state index contributed by atoms with van der Waals surface area (Å²) in [7, 11) is 0. The molecule has 0 saturated carbocycles. The zero-order valence-electron chi connectivity index (χ0n) is 18.6. The van der Waals surface area contributed by atoms with Crippen molar-refractivity contribution < 1.29 is 32.2 Å². The lowest BCUT2D eigenvalue weighted by atomic mass is 9.88. The molecule has 5 nitrogen and oxygen atoms in total. The summed E-state index contributed by atoms with van der Waals surface area (Å²) in [5.41, 5.74) is 0.808. The van der Waals surface area contributed by atoms with Crippen LogP contribution in [-0.2, 0) is 9.53 Å². The first-order chi connectivity index (χ1) is 14.7. The van der Waals surface area contributed by atoms with E-state index in [1.807, 2.05) is 12.1 Å². The summed E-state index contributed by atoms with van der Waals surface area (Å²) in [4.78, 5) is 26.8. The Morgan fingerprint density at radius 3 is 1.94 bits per heavy atom. The third kappa shape index (κ3) is 5.41. The Morgan fingerprint density at radius 2 is 1.47 bits per heavy atom. The molecule has 0 aliphatic carbocycles. The molecule has 0 radical (unpaired) electrons. The van der Waals surface area contributed by atoms with E-state index >= 15 is 0 Å². The fraction of sp³-hybridized carbons (Fsp3) is 0.417. The Hall–Kier alpha value is -3.03. The predicted octanol–water partition coefficient (Wildman–Crippen LogP) is 6.49. The van der Waals surface area contributed by atoms with E-state index in [-0.39, 0.29) is 11.7 Å². The molecule has 1 aliphatic heterocycles. The first kappa shape index (κ1) is 23.6. The van der Waals surface area contributed by atoms with Gasteiger partial charge in [-0.3, -0.25) is 4.79 Å². The Balaban J connectivity index is 1.83. The first-order valence-corrected chi connectivity index (χ1v) is 10.2. The quantitative estimate of drug-likeness (QED) is 0.538. The standard InChI is InChI=1S/C24H26F3NO4/c1-22(2,3)32-21(30)28-19(14-23(4,5)20(28)29)17-8-6-15(7-9-17)16-10-12-18(13-11-16)31-24(25,26)27/h6-13,19H,14H2,1-5H3. The second kappa shape index (κ2) is 8.15. The number of likely N-dealkylation sites (tertiary alicyclic amines) is 1. The van der Waals surface area contributed by atoms with E-state index in [2.05, 4.69) is 4.74 Å². The fourth-order valence-electron chi connectivity index (χ4n) is 3.66. The molecule has 0 spiro atoms. The highest BCUT2D eigenvalue weighted by molar-refractivity contribution is 5.97. The van der Waals surface area contributed by atoms with Gasteiger partial charge in [0.2, 0.25) is 5.91 Å². The van der Waals surface area contributed by atoms with Gasteiger partial charge in [-0.25, -0.2) is 9.69 Å². The average Bonchev–Trinajstić information content (AvgIpc) is 2.89. The molecule has 2 aromatic carbocycles. The molecule has 172 valence electrons. The molecule has 32 heavy (non-hydrogen) atoms. The summed E-state index contributed by atoms with van der Waals surface area (Å²) >= 11 is 0. The summed E-state index contributed by atoms with van der Waals surface area (Å²) < 4.78 is 46.4. The minimum Gasteiger partial charge on any atom is -0.443 e. The van der Waals surface area contributed by atoms with Crippen LogP contribution in [0.4, 0.5) is 18.0 Å². The highest BCUT2D eigenvalue weighted by atomic mass is 19.4. The maximum atomic E-state index is 12.9. The summed E-state index contributed by atoms with van der Waals surface area (Å²) in [6.45, 7) is 8.82. The Morgan fingerprint density at radius 1 is 0.969 bits per heavy atom. The van der Waals surface area contributed by atoms with Crippen molar-refractivity contribution in [2.75, 3.05) is 0 Å². The molecule has 1 atom stereocenters. The minimum absolute atomic E-state index is 0.291. The van der Waals surface area contributed by atoms with Gasteiger partial charge in [0.1, 0.15) is 11.4 Å². The van der Waals surface area contributed by atoms with Crippen molar-refractivity contribution >= 4 is 12.0 Å². The normalized spacial score (nSPS) is 18.6. The van der Waals surface area contributed by atoms with Crippen molar-refractivity contribution in [3.05, 3.63) is 54.1 Å². The maximum Gasteiger partial charge on any atom is 0.573 e. The minimum atomic E-state index is -4.74. The van der Waals surface area contributed by atoms with E-state index in [1.54, 1.807) is 46.8 Å². The van der Waals surface area contributed by atoms with Crippen LogP contribution in [0.2, 0.25) is 0 Å². The van der Waals surface area contributed by atoms with Gasteiger partial charge in [-0.05, 0) is 56.0 Å². The van der Waals surface area contributed by atoms with Gasteiger partial charge in [0.05, 0.1) is 6.04 Å². The van der Waals surface area contributed by atoms with Gasteiger partial charge in [0.25, 0.3) is 0 Å². The third-order valence-corrected chi connectivity index (χ3v) is 5.12. The molecule has 1 unspecified atom stereocenters. The summed E-state index contributed by atoms with van der Waals surface area (Å²) in [6, 6.07) is 12.3. The molecule has 1 heterocycles. The van der Waals surface area contributed by atoms with Gasteiger partial charge in [-0.15, -0.1) is 13.2 Å². The fourth-order valence-corrected chi connectivity index (χ4v) is 3.66. The molecular formula is C24H26F3NO4. The molecule has 1 fully saturated rings. The van der Waals surface area contributed by atoms with Crippen LogP contribution in [0.5, 0.6) is 5.75 Å². The van der Waals surface area contributed by atoms with Crippen LogP contribution < -0.4 is 4.74 Å². The van der Waals surface area contributed by atoms with Gasteiger partial charge in [0.15, 0.2) is 0 Å². The average molecular weight is 449 g/mol. The van der Waals surface area contributed by atoms with Gasteiger partial charge < -0.3 is 9.47 Å².